The van der Waals surface area contributed by atoms with Crippen LogP contribution >= 0.6 is 0 Å². The van der Waals surface area contributed by atoms with Crippen LogP contribution in [0.25, 0.3) is 0 Å². The van der Waals surface area contributed by atoms with E-state index in [4.69, 9.17) is 5.11 Å². The van der Waals surface area contributed by atoms with Gasteiger partial charge < -0.3 is 15.7 Å². The second-order valence-corrected chi connectivity index (χ2v) is 7.05. The van der Waals surface area contributed by atoms with Crippen molar-refractivity contribution >= 4 is 33.5 Å². The van der Waals surface area contributed by atoms with Gasteiger partial charge in [-0.25, -0.2) is 8.42 Å². The number of hydrogen-bond acceptors (Lipinski definition) is 5. The summed E-state index contributed by atoms with van der Waals surface area (Å²) in [6.07, 6.45) is 0.173. The van der Waals surface area contributed by atoms with Crippen molar-refractivity contribution in [1.82, 2.24) is 10.0 Å². The highest BCUT2D eigenvalue weighted by atomic mass is 32.2. The molecule has 0 spiro atoms. The molecule has 0 aliphatic rings. The number of sulfonamides is 1. The van der Waals surface area contributed by atoms with Crippen LogP contribution in [0.4, 0.5) is 5.69 Å². The number of anilines is 1. The fourth-order valence-electron chi connectivity index (χ4n) is 1.88. The molecule has 0 saturated carbocycles. The van der Waals surface area contributed by atoms with Gasteiger partial charge in [-0.2, -0.15) is 4.72 Å². The van der Waals surface area contributed by atoms with Gasteiger partial charge in [0.15, 0.2) is 0 Å². The Kier molecular flexibility index (Phi) is 7.52. The van der Waals surface area contributed by atoms with E-state index in [0.29, 0.717) is 5.69 Å². The Labute approximate surface area is 145 Å². The number of aliphatic carboxylic acids is 1. The number of rotatable bonds is 9. The number of carboxylic acid groups (broad SMARTS) is 1. The highest BCUT2D eigenvalue weighted by Gasteiger charge is 2.21. The fourth-order valence-corrected chi connectivity index (χ4v) is 3.08. The third-order valence-electron chi connectivity index (χ3n) is 3.08. The normalized spacial score (nSPS) is 12.2. The zero-order valence-corrected chi connectivity index (χ0v) is 14.7. The minimum atomic E-state index is -3.91. The molecule has 0 aliphatic carbocycles. The van der Waals surface area contributed by atoms with Crippen molar-refractivity contribution in [2.75, 3.05) is 11.9 Å². The fraction of sp³-hybridized carbons (Fsp3) is 0.400. The monoisotopic (exact) mass is 371 g/mol. The molecule has 1 unspecified atom stereocenters. The summed E-state index contributed by atoms with van der Waals surface area (Å²) in [6.45, 7) is 2.86. The Morgan fingerprint density at radius 3 is 2.28 bits per heavy atom. The highest BCUT2D eigenvalue weighted by Crippen LogP contribution is 2.14. The summed E-state index contributed by atoms with van der Waals surface area (Å²) in [5.74, 6) is -1.79. The lowest BCUT2D eigenvalue weighted by Crippen LogP contribution is -2.45. The lowest BCUT2D eigenvalue weighted by Gasteiger charge is -2.14. The zero-order valence-electron chi connectivity index (χ0n) is 13.9. The second kappa shape index (κ2) is 9.14. The maximum Gasteiger partial charge on any atom is 0.303 e. The summed E-state index contributed by atoms with van der Waals surface area (Å²) < 4.78 is 26.7. The molecule has 1 aromatic rings. The number of amides is 2. The minimum absolute atomic E-state index is 0.0490. The Balaban J connectivity index is 2.62. The lowest BCUT2D eigenvalue weighted by atomic mass is 10.3. The van der Waals surface area contributed by atoms with Gasteiger partial charge in [0.05, 0.1) is 10.9 Å². The van der Waals surface area contributed by atoms with Crippen molar-refractivity contribution < 1.29 is 27.9 Å². The van der Waals surface area contributed by atoms with Crippen molar-refractivity contribution in [2.24, 2.45) is 0 Å². The molecule has 4 N–H and O–H groups in total. The van der Waals surface area contributed by atoms with E-state index < -0.39 is 27.9 Å². The SMILES string of the molecule is CC(=O)Nc1ccc(S(=O)(=O)NC(C)C(=O)NCCCC(=O)O)cc1. The van der Waals surface area contributed by atoms with Gasteiger partial charge in [0.25, 0.3) is 0 Å². The van der Waals surface area contributed by atoms with Gasteiger partial charge in [-0.1, -0.05) is 0 Å². The van der Waals surface area contributed by atoms with E-state index in [-0.39, 0.29) is 30.2 Å². The molecule has 10 heteroatoms. The predicted octanol–water partition coefficient (Wildman–Crippen LogP) is 0.293. The van der Waals surface area contributed by atoms with Crippen LogP contribution in [-0.4, -0.2) is 43.9 Å². The van der Waals surface area contributed by atoms with Gasteiger partial charge in [-0.05, 0) is 37.6 Å². The maximum atomic E-state index is 12.2. The van der Waals surface area contributed by atoms with Gasteiger partial charge in [-0.3, -0.25) is 14.4 Å². The Hall–Kier alpha value is -2.46. The van der Waals surface area contributed by atoms with Crippen LogP contribution in [0.2, 0.25) is 0 Å². The molecule has 0 radical (unpaired) electrons. The molecule has 0 aromatic heterocycles. The lowest BCUT2D eigenvalue weighted by molar-refractivity contribution is -0.137. The van der Waals surface area contributed by atoms with E-state index >= 15 is 0 Å². The molecule has 1 atom stereocenters. The topological polar surface area (TPSA) is 142 Å². The second-order valence-electron chi connectivity index (χ2n) is 5.34. The zero-order chi connectivity index (χ0) is 19.0. The predicted molar refractivity (Wildman–Crippen MR) is 90.4 cm³/mol. The third kappa shape index (κ3) is 7.31. The van der Waals surface area contributed by atoms with E-state index in [1.165, 1.54) is 38.1 Å². The number of benzene rings is 1. The molecule has 0 bridgehead atoms. The van der Waals surface area contributed by atoms with Gasteiger partial charge in [0.2, 0.25) is 21.8 Å². The Morgan fingerprint density at radius 2 is 1.76 bits per heavy atom. The van der Waals surface area contributed by atoms with Crippen molar-refractivity contribution in [3.05, 3.63) is 24.3 Å². The average molecular weight is 371 g/mol. The van der Waals surface area contributed by atoms with E-state index in [1.807, 2.05) is 0 Å². The number of nitrogens with one attached hydrogen (secondary N) is 3. The smallest absolute Gasteiger partial charge is 0.303 e. The van der Waals surface area contributed by atoms with Gasteiger partial charge in [0, 0.05) is 25.6 Å². The van der Waals surface area contributed by atoms with Crippen LogP contribution in [0, 0.1) is 0 Å². The van der Waals surface area contributed by atoms with Crippen molar-refractivity contribution in [3.8, 4) is 0 Å². The van der Waals surface area contributed by atoms with Crippen LogP contribution < -0.4 is 15.4 Å². The summed E-state index contributed by atoms with van der Waals surface area (Å²) in [7, 11) is -3.91. The van der Waals surface area contributed by atoms with E-state index in [9.17, 15) is 22.8 Å². The van der Waals surface area contributed by atoms with Crippen LogP contribution in [-0.2, 0) is 24.4 Å². The first-order chi connectivity index (χ1) is 11.6. The summed E-state index contributed by atoms with van der Waals surface area (Å²) >= 11 is 0. The first kappa shape index (κ1) is 20.6. The summed E-state index contributed by atoms with van der Waals surface area (Å²) in [5, 5.41) is 13.5. The Morgan fingerprint density at radius 1 is 1.16 bits per heavy atom. The summed E-state index contributed by atoms with van der Waals surface area (Å²) in [4.78, 5) is 33.1. The molecule has 1 aromatic carbocycles. The molecule has 0 aliphatic heterocycles. The summed E-state index contributed by atoms with van der Waals surface area (Å²) in [5.41, 5.74) is 0.454. The van der Waals surface area contributed by atoms with Crippen LogP contribution in [0.5, 0.6) is 0 Å². The highest BCUT2D eigenvalue weighted by molar-refractivity contribution is 7.89. The first-order valence-corrected chi connectivity index (χ1v) is 8.99. The molecule has 9 nitrogen and oxygen atoms in total. The molecule has 2 amide bonds. The van der Waals surface area contributed by atoms with Gasteiger partial charge >= 0.3 is 5.97 Å². The van der Waals surface area contributed by atoms with Crippen molar-refractivity contribution in [1.29, 1.82) is 0 Å². The van der Waals surface area contributed by atoms with Crippen molar-refractivity contribution in [3.63, 3.8) is 0 Å². The maximum absolute atomic E-state index is 12.2. The van der Waals surface area contributed by atoms with Gasteiger partial charge in [-0.15, -0.1) is 0 Å². The molecular formula is C15H21N3O6S. The molecule has 0 fully saturated rings. The summed E-state index contributed by atoms with van der Waals surface area (Å²) in [6, 6.07) is 4.47. The van der Waals surface area contributed by atoms with Gasteiger partial charge in [0.1, 0.15) is 0 Å². The van der Waals surface area contributed by atoms with E-state index in [2.05, 4.69) is 15.4 Å². The standard InChI is InChI=1S/C15H21N3O6S/c1-10(15(22)16-9-3-4-14(20)21)18-25(23,24)13-7-5-12(6-8-13)17-11(2)19/h5-8,10,18H,3-4,9H2,1-2H3,(H,16,22)(H,17,19)(H,20,21). The minimum Gasteiger partial charge on any atom is -0.481 e. The van der Waals surface area contributed by atoms with Crippen LogP contribution in [0.1, 0.15) is 26.7 Å². The number of carbonyl (C=O) groups excluding carboxylic acids is 2. The van der Waals surface area contributed by atoms with Crippen molar-refractivity contribution in [2.45, 2.75) is 37.6 Å². The van der Waals surface area contributed by atoms with E-state index in [1.54, 1.807) is 0 Å². The largest absolute Gasteiger partial charge is 0.481 e. The number of carbonyl (C=O) groups is 3. The molecule has 1 rings (SSSR count). The molecular weight excluding hydrogens is 350 g/mol. The van der Waals surface area contributed by atoms with Crippen LogP contribution in [0.15, 0.2) is 29.2 Å². The third-order valence-corrected chi connectivity index (χ3v) is 4.63. The molecule has 0 heterocycles. The average Bonchev–Trinajstić information content (AvgIpc) is 2.50. The quantitative estimate of drug-likeness (QED) is 0.460. The molecule has 25 heavy (non-hydrogen) atoms. The van der Waals surface area contributed by atoms with E-state index in [0.717, 1.165) is 0 Å². The molecule has 0 saturated heterocycles. The van der Waals surface area contributed by atoms with Crippen LogP contribution in [0.3, 0.4) is 0 Å². The number of hydrogen-bond donors (Lipinski definition) is 4. The number of carboxylic acids is 1. The Bertz CT molecular complexity index is 730. The first-order valence-electron chi connectivity index (χ1n) is 7.51. The molecule has 138 valence electrons.